The molecule has 0 bridgehead atoms. The number of rotatable bonds is 2. The first-order valence-electron chi connectivity index (χ1n) is 6.23. The minimum atomic E-state index is -0.427. The third kappa shape index (κ3) is 1.57. The molecule has 5 heteroatoms. The summed E-state index contributed by atoms with van der Waals surface area (Å²) in [5.41, 5.74) is 6.35. The first-order valence-corrected chi connectivity index (χ1v) is 6.23. The van der Waals surface area contributed by atoms with Gasteiger partial charge >= 0.3 is 0 Å². The summed E-state index contributed by atoms with van der Waals surface area (Å²) in [6, 6.07) is 3.99. The number of imide groups is 1. The third-order valence-electron chi connectivity index (χ3n) is 4.33. The van der Waals surface area contributed by atoms with E-state index < -0.39 is 5.82 Å². The molecule has 0 spiro atoms. The van der Waals surface area contributed by atoms with Crippen molar-refractivity contribution in [2.24, 2.45) is 17.3 Å². The van der Waals surface area contributed by atoms with Gasteiger partial charge in [-0.3, -0.25) is 14.5 Å². The lowest BCUT2D eigenvalue weighted by Gasteiger charge is -2.21. The minimum absolute atomic E-state index is 0.132. The molecular weight excluding hydrogens is 247 g/mol. The summed E-state index contributed by atoms with van der Waals surface area (Å²) in [4.78, 5) is 25.5. The number of halogens is 1. The fourth-order valence-corrected chi connectivity index (χ4v) is 3.04. The number of hydrogen-bond acceptors (Lipinski definition) is 3. The standard InChI is InChI=1S/C14H15FN2O2/c1-14(2)10-11(14)13(19)17(12(10)18)6-7-3-4-8(15)5-9(7)16/h3-5,10-11H,6,16H2,1-2H3. The molecule has 19 heavy (non-hydrogen) atoms. The first-order chi connectivity index (χ1) is 8.84. The quantitative estimate of drug-likeness (QED) is 0.649. The Balaban J connectivity index is 1.83. The van der Waals surface area contributed by atoms with Crippen molar-refractivity contribution in [1.82, 2.24) is 4.90 Å². The summed E-state index contributed by atoms with van der Waals surface area (Å²) in [5, 5.41) is 0. The first kappa shape index (κ1) is 12.1. The molecule has 1 aliphatic carbocycles. The molecule has 2 unspecified atom stereocenters. The Kier molecular flexibility index (Phi) is 2.27. The second-order valence-electron chi connectivity index (χ2n) is 5.88. The van der Waals surface area contributed by atoms with Gasteiger partial charge in [0.2, 0.25) is 11.8 Å². The van der Waals surface area contributed by atoms with Crippen LogP contribution in [-0.2, 0) is 16.1 Å². The van der Waals surface area contributed by atoms with E-state index in [9.17, 15) is 14.0 Å². The number of nitrogens with zero attached hydrogens (tertiary/aromatic N) is 1. The molecule has 2 aliphatic rings. The van der Waals surface area contributed by atoms with Crippen LogP contribution in [0.15, 0.2) is 18.2 Å². The Labute approximate surface area is 110 Å². The summed E-state index contributed by atoms with van der Waals surface area (Å²) in [6.45, 7) is 4.00. The summed E-state index contributed by atoms with van der Waals surface area (Å²) in [7, 11) is 0. The second kappa shape index (κ2) is 3.56. The third-order valence-corrected chi connectivity index (χ3v) is 4.33. The van der Waals surface area contributed by atoms with Gasteiger partial charge in [0.25, 0.3) is 0 Å². The number of nitrogen functional groups attached to an aromatic ring is 1. The number of benzene rings is 1. The Morgan fingerprint density at radius 3 is 2.37 bits per heavy atom. The molecule has 0 aromatic heterocycles. The number of carbonyl (C=O) groups is 2. The van der Waals surface area contributed by atoms with Gasteiger partial charge in [-0.25, -0.2) is 4.39 Å². The van der Waals surface area contributed by atoms with Crippen LogP contribution in [0.1, 0.15) is 19.4 Å². The van der Waals surface area contributed by atoms with Crippen LogP contribution in [0.2, 0.25) is 0 Å². The van der Waals surface area contributed by atoms with Crippen LogP contribution in [0.25, 0.3) is 0 Å². The van der Waals surface area contributed by atoms with Gasteiger partial charge in [-0.15, -0.1) is 0 Å². The maximum atomic E-state index is 13.0. The molecule has 1 aliphatic heterocycles. The number of piperidine rings is 1. The van der Waals surface area contributed by atoms with Gasteiger partial charge in [0.1, 0.15) is 5.82 Å². The molecule has 4 nitrogen and oxygen atoms in total. The smallest absolute Gasteiger partial charge is 0.233 e. The normalized spacial score (nSPS) is 27.6. The van der Waals surface area contributed by atoms with E-state index in [1.165, 1.54) is 23.1 Å². The molecule has 0 radical (unpaired) electrons. The molecule has 1 heterocycles. The molecule has 1 saturated carbocycles. The molecule has 2 N–H and O–H groups in total. The van der Waals surface area contributed by atoms with Gasteiger partial charge in [0, 0.05) is 5.69 Å². The highest BCUT2D eigenvalue weighted by molar-refractivity contribution is 6.10. The average Bonchev–Trinajstić information content (AvgIpc) is 2.78. The Bertz CT molecular complexity index is 573. The van der Waals surface area contributed by atoms with E-state index in [0.29, 0.717) is 5.56 Å². The van der Waals surface area contributed by atoms with Crippen molar-refractivity contribution in [3.63, 3.8) is 0 Å². The van der Waals surface area contributed by atoms with E-state index in [1.807, 2.05) is 13.8 Å². The predicted molar refractivity (Wildman–Crippen MR) is 67.1 cm³/mol. The number of nitrogens with two attached hydrogens (primary N) is 1. The van der Waals surface area contributed by atoms with Gasteiger partial charge in [0.05, 0.1) is 18.4 Å². The van der Waals surface area contributed by atoms with Crippen LogP contribution in [0.3, 0.4) is 0 Å². The predicted octanol–water partition coefficient (Wildman–Crippen LogP) is 1.55. The lowest BCUT2D eigenvalue weighted by molar-refractivity contribution is -0.143. The van der Waals surface area contributed by atoms with Gasteiger partial charge in [-0.2, -0.15) is 0 Å². The molecule has 1 aromatic rings. The van der Waals surface area contributed by atoms with Crippen LogP contribution >= 0.6 is 0 Å². The number of anilines is 1. The number of likely N-dealkylation sites (tertiary alicyclic amines) is 1. The molecule has 100 valence electrons. The molecule has 2 amide bonds. The molecule has 1 aromatic carbocycles. The monoisotopic (exact) mass is 262 g/mol. The second-order valence-corrected chi connectivity index (χ2v) is 5.88. The van der Waals surface area contributed by atoms with Gasteiger partial charge in [-0.1, -0.05) is 19.9 Å². The van der Waals surface area contributed by atoms with Gasteiger partial charge in [0.15, 0.2) is 0 Å². The fraction of sp³-hybridized carbons (Fsp3) is 0.429. The summed E-state index contributed by atoms with van der Waals surface area (Å²) in [6.07, 6.45) is 0. The average molecular weight is 262 g/mol. The number of amides is 2. The molecule has 1 saturated heterocycles. The Morgan fingerprint density at radius 1 is 1.26 bits per heavy atom. The molecular formula is C14H15FN2O2. The Morgan fingerprint density at radius 2 is 1.84 bits per heavy atom. The largest absolute Gasteiger partial charge is 0.398 e. The lowest BCUT2D eigenvalue weighted by Crippen LogP contribution is -2.35. The van der Waals surface area contributed by atoms with Crippen LogP contribution in [0.5, 0.6) is 0 Å². The Hall–Kier alpha value is -1.91. The van der Waals surface area contributed by atoms with E-state index in [0.717, 1.165) is 0 Å². The SMILES string of the molecule is CC1(C)C2C(=O)N(Cc3ccc(F)cc3N)C(=O)C21. The van der Waals surface area contributed by atoms with Gasteiger partial charge in [-0.05, 0) is 23.1 Å². The van der Waals surface area contributed by atoms with Crippen LogP contribution in [-0.4, -0.2) is 16.7 Å². The summed E-state index contributed by atoms with van der Waals surface area (Å²) >= 11 is 0. The minimum Gasteiger partial charge on any atom is -0.398 e. The van der Waals surface area contributed by atoms with Crippen molar-refractivity contribution >= 4 is 17.5 Å². The van der Waals surface area contributed by atoms with E-state index in [1.54, 1.807) is 0 Å². The zero-order valence-corrected chi connectivity index (χ0v) is 10.8. The summed E-state index contributed by atoms with van der Waals surface area (Å²) in [5.74, 6) is -1.08. The van der Waals surface area contributed by atoms with Crippen molar-refractivity contribution < 1.29 is 14.0 Å². The highest BCUT2D eigenvalue weighted by atomic mass is 19.1. The summed E-state index contributed by atoms with van der Waals surface area (Å²) < 4.78 is 13.0. The zero-order valence-electron chi connectivity index (χ0n) is 10.8. The molecule has 2 atom stereocenters. The van der Waals surface area contributed by atoms with E-state index in [2.05, 4.69) is 0 Å². The number of carbonyl (C=O) groups excluding carboxylic acids is 2. The molecule has 3 rings (SSSR count). The maximum absolute atomic E-state index is 13.0. The highest BCUT2D eigenvalue weighted by Crippen LogP contribution is 2.63. The topological polar surface area (TPSA) is 63.4 Å². The van der Waals surface area contributed by atoms with Crippen LogP contribution in [0, 0.1) is 23.1 Å². The van der Waals surface area contributed by atoms with Crippen LogP contribution < -0.4 is 5.73 Å². The van der Waals surface area contributed by atoms with Crippen molar-refractivity contribution in [2.75, 3.05) is 5.73 Å². The van der Waals surface area contributed by atoms with E-state index >= 15 is 0 Å². The van der Waals surface area contributed by atoms with Gasteiger partial charge < -0.3 is 5.73 Å². The van der Waals surface area contributed by atoms with Crippen molar-refractivity contribution in [3.8, 4) is 0 Å². The highest BCUT2D eigenvalue weighted by Gasteiger charge is 2.72. The number of fused-ring (bicyclic) bond motifs is 1. The maximum Gasteiger partial charge on any atom is 0.233 e. The lowest BCUT2D eigenvalue weighted by atomic mass is 10.0. The van der Waals surface area contributed by atoms with E-state index in [4.69, 9.17) is 5.73 Å². The van der Waals surface area contributed by atoms with Crippen molar-refractivity contribution in [3.05, 3.63) is 29.6 Å². The van der Waals surface area contributed by atoms with Crippen LogP contribution in [0.4, 0.5) is 10.1 Å². The van der Waals surface area contributed by atoms with Crippen molar-refractivity contribution in [1.29, 1.82) is 0 Å². The number of hydrogen-bond donors (Lipinski definition) is 1. The fourth-order valence-electron chi connectivity index (χ4n) is 3.04. The zero-order chi connectivity index (χ0) is 13.9. The van der Waals surface area contributed by atoms with Crippen molar-refractivity contribution in [2.45, 2.75) is 20.4 Å². The van der Waals surface area contributed by atoms with E-state index in [-0.39, 0.29) is 41.3 Å². The molecule has 2 fully saturated rings.